The number of nitrogens with zero attached hydrogens (tertiary/aromatic N) is 3. The van der Waals surface area contributed by atoms with E-state index in [-0.39, 0.29) is 6.03 Å². The van der Waals surface area contributed by atoms with Crippen LogP contribution >= 0.6 is 11.6 Å². The van der Waals surface area contributed by atoms with E-state index >= 15 is 0 Å². The van der Waals surface area contributed by atoms with E-state index in [2.05, 4.69) is 27.3 Å². The van der Waals surface area contributed by atoms with Crippen LogP contribution < -0.4 is 10.2 Å². The first-order valence-electron chi connectivity index (χ1n) is 8.24. The smallest absolute Gasteiger partial charge is 0.299 e. The van der Waals surface area contributed by atoms with Gasteiger partial charge in [0.15, 0.2) is 0 Å². The lowest BCUT2D eigenvalue weighted by Gasteiger charge is -2.29. The van der Waals surface area contributed by atoms with Crippen LogP contribution in [0, 0.1) is 0 Å². The van der Waals surface area contributed by atoms with E-state index in [4.69, 9.17) is 11.6 Å². The highest BCUT2D eigenvalue weighted by Gasteiger charge is 2.26. The van der Waals surface area contributed by atoms with Crippen molar-refractivity contribution in [2.45, 2.75) is 25.9 Å². The highest BCUT2D eigenvalue weighted by atomic mass is 35.5. The molecular weight excluding hydrogens is 324 g/mol. The van der Waals surface area contributed by atoms with Crippen molar-refractivity contribution in [2.75, 3.05) is 23.3 Å². The molecule has 0 unspecified atom stereocenters. The molecule has 2 aliphatic rings. The third-order valence-corrected chi connectivity index (χ3v) is 4.99. The fourth-order valence-electron chi connectivity index (χ4n) is 3.31. The van der Waals surface area contributed by atoms with Gasteiger partial charge in [-0.05, 0) is 49.7 Å². The molecule has 5 nitrogen and oxygen atoms in total. The number of carbonyl (C=O) groups excluding carboxylic acids is 1. The molecule has 4 rings (SSSR count). The van der Waals surface area contributed by atoms with Crippen LogP contribution in [0.2, 0.25) is 5.02 Å². The lowest BCUT2D eigenvalue weighted by Crippen LogP contribution is -2.39. The molecular formula is C18H19ClN4O. The number of fused-ring (bicyclic) bond motifs is 1. The van der Waals surface area contributed by atoms with Gasteiger partial charge in [-0.3, -0.25) is 15.1 Å². The van der Waals surface area contributed by atoms with Crippen LogP contribution in [0.5, 0.6) is 0 Å². The number of benzene rings is 1. The summed E-state index contributed by atoms with van der Waals surface area (Å²) < 4.78 is 0. The van der Waals surface area contributed by atoms with Crippen LogP contribution in [-0.4, -0.2) is 29.0 Å². The molecule has 1 saturated heterocycles. The largest absolute Gasteiger partial charge is 0.327 e. The van der Waals surface area contributed by atoms with Gasteiger partial charge in [0.1, 0.15) is 5.82 Å². The van der Waals surface area contributed by atoms with Crippen molar-refractivity contribution in [1.82, 2.24) is 9.88 Å². The van der Waals surface area contributed by atoms with E-state index in [1.165, 1.54) is 31.5 Å². The Kier molecular flexibility index (Phi) is 4.12. The van der Waals surface area contributed by atoms with Crippen LogP contribution in [0.1, 0.15) is 24.0 Å². The fraction of sp³-hybridized carbons (Fsp3) is 0.333. The van der Waals surface area contributed by atoms with Crippen LogP contribution in [0.3, 0.4) is 0 Å². The van der Waals surface area contributed by atoms with Crippen molar-refractivity contribution < 1.29 is 4.79 Å². The molecule has 124 valence electrons. The van der Waals surface area contributed by atoms with Crippen LogP contribution in [0.25, 0.3) is 0 Å². The average molecular weight is 343 g/mol. The molecule has 0 bridgehead atoms. The molecule has 0 radical (unpaired) electrons. The van der Waals surface area contributed by atoms with Gasteiger partial charge in [-0.2, -0.15) is 0 Å². The number of aromatic nitrogens is 1. The van der Waals surface area contributed by atoms with Crippen molar-refractivity contribution in [3.8, 4) is 0 Å². The quantitative estimate of drug-likeness (QED) is 0.920. The summed E-state index contributed by atoms with van der Waals surface area (Å²) in [5, 5.41) is 3.43. The number of hydrogen-bond acceptors (Lipinski definition) is 3. The summed E-state index contributed by atoms with van der Waals surface area (Å²) in [6, 6.07) is 9.77. The molecule has 1 N–H and O–H groups in total. The van der Waals surface area contributed by atoms with Gasteiger partial charge in [-0.1, -0.05) is 23.7 Å². The number of rotatable bonds is 3. The second kappa shape index (κ2) is 6.42. The lowest BCUT2D eigenvalue weighted by atomic mass is 10.1. The molecule has 2 amide bonds. The molecule has 6 heteroatoms. The Labute approximate surface area is 146 Å². The van der Waals surface area contributed by atoms with Gasteiger partial charge >= 0.3 is 6.03 Å². The number of urea groups is 1. The number of carbonyl (C=O) groups is 1. The first-order valence-corrected chi connectivity index (χ1v) is 8.62. The average Bonchev–Trinajstić information content (AvgIpc) is 3.09. The monoisotopic (exact) mass is 342 g/mol. The first-order chi connectivity index (χ1) is 11.7. The SMILES string of the molecule is O=C1Nc2nccc(Cl)c2CN1c1ccc(CN2CCCC2)cc1. The zero-order chi connectivity index (χ0) is 16.5. The van der Waals surface area contributed by atoms with Crippen molar-refractivity contribution in [3.63, 3.8) is 0 Å². The topological polar surface area (TPSA) is 48.5 Å². The minimum absolute atomic E-state index is 0.176. The zero-order valence-corrected chi connectivity index (χ0v) is 14.1. The number of nitrogens with one attached hydrogen (secondary N) is 1. The Hall–Kier alpha value is -2.11. The number of pyridine rings is 1. The number of halogens is 1. The highest BCUT2D eigenvalue weighted by molar-refractivity contribution is 6.32. The van der Waals surface area contributed by atoms with Crippen LogP contribution in [0.15, 0.2) is 36.5 Å². The second-order valence-corrected chi connectivity index (χ2v) is 6.69. The van der Waals surface area contributed by atoms with Crippen LogP contribution in [0.4, 0.5) is 16.3 Å². The van der Waals surface area contributed by atoms with E-state index in [1.54, 1.807) is 17.2 Å². The Morgan fingerprint density at radius 3 is 2.62 bits per heavy atom. The molecule has 24 heavy (non-hydrogen) atoms. The molecule has 1 fully saturated rings. The van der Waals surface area contributed by atoms with E-state index in [9.17, 15) is 4.79 Å². The van der Waals surface area contributed by atoms with Gasteiger partial charge in [0.2, 0.25) is 0 Å². The number of amides is 2. The Bertz CT molecular complexity index is 756. The van der Waals surface area contributed by atoms with E-state index < -0.39 is 0 Å². The van der Waals surface area contributed by atoms with Gasteiger partial charge < -0.3 is 0 Å². The maximum absolute atomic E-state index is 12.4. The normalized spacial score (nSPS) is 17.7. The molecule has 0 atom stereocenters. The summed E-state index contributed by atoms with van der Waals surface area (Å²) in [5.41, 5.74) is 2.99. The Balaban J connectivity index is 1.53. The van der Waals surface area contributed by atoms with E-state index in [0.29, 0.717) is 17.4 Å². The van der Waals surface area contributed by atoms with Gasteiger partial charge in [0.05, 0.1) is 11.6 Å². The fourth-order valence-corrected chi connectivity index (χ4v) is 3.52. The number of hydrogen-bond donors (Lipinski definition) is 1. The standard InChI is InChI=1S/C18H19ClN4O/c19-16-7-8-20-17-15(16)12-23(18(24)21-17)14-5-3-13(4-6-14)11-22-9-1-2-10-22/h3-8H,1-2,9-12H2,(H,20,21,24). The van der Waals surface area contributed by atoms with E-state index in [0.717, 1.165) is 17.8 Å². The molecule has 0 saturated carbocycles. The predicted molar refractivity (Wildman–Crippen MR) is 95.4 cm³/mol. The molecule has 0 aliphatic carbocycles. The summed E-state index contributed by atoms with van der Waals surface area (Å²) in [7, 11) is 0. The van der Waals surface area contributed by atoms with Crippen molar-refractivity contribution in [2.24, 2.45) is 0 Å². The lowest BCUT2D eigenvalue weighted by molar-refractivity contribution is 0.256. The molecule has 2 aromatic rings. The minimum Gasteiger partial charge on any atom is -0.299 e. The van der Waals surface area contributed by atoms with Crippen LogP contribution in [-0.2, 0) is 13.1 Å². The minimum atomic E-state index is -0.176. The highest BCUT2D eigenvalue weighted by Crippen LogP contribution is 2.30. The summed E-state index contributed by atoms with van der Waals surface area (Å²) in [4.78, 5) is 20.7. The Morgan fingerprint density at radius 1 is 1.12 bits per heavy atom. The number of likely N-dealkylation sites (tertiary alicyclic amines) is 1. The molecule has 1 aromatic heterocycles. The summed E-state index contributed by atoms with van der Waals surface area (Å²) in [6.45, 7) is 3.77. The second-order valence-electron chi connectivity index (χ2n) is 6.29. The Morgan fingerprint density at radius 2 is 1.88 bits per heavy atom. The molecule has 0 spiro atoms. The third kappa shape index (κ3) is 2.97. The zero-order valence-electron chi connectivity index (χ0n) is 13.3. The van der Waals surface area contributed by atoms with Crippen molar-refractivity contribution in [1.29, 1.82) is 0 Å². The van der Waals surface area contributed by atoms with Gasteiger partial charge in [-0.25, -0.2) is 9.78 Å². The summed E-state index contributed by atoms with van der Waals surface area (Å²) >= 11 is 6.24. The first kappa shape index (κ1) is 15.4. The maximum atomic E-state index is 12.4. The van der Waals surface area contributed by atoms with Crippen molar-refractivity contribution >= 4 is 29.1 Å². The van der Waals surface area contributed by atoms with Gasteiger partial charge in [0.25, 0.3) is 0 Å². The predicted octanol–water partition coefficient (Wildman–Crippen LogP) is 3.88. The van der Waals surface area contributed by atoms with E-state index in [1.807, 2.05) is 12.1 Å². The van der Waals surface area contributed by atoms with Gasteiger partial charge in [0, 0.05) is 24.0 Å². The summed E-state index contributed by atoms with van der Waals surface area (Å²) in [5.74, 6) is 0.550. The van der Waals surface area contributed by atoms with Gasteiger partial charge in [-0.15, -0.1) is 0 Å². The summed E-state index contributed by atoms with van der Waals surface area (Å²) in [6.07, 6.45) is 4.19. The number of anilines is 2. The molecule has 3 heterocycles. The maximum Gasteiger partial charge on any atom is 0.327 e. The molecule has 2 aliphatic heterocycles. The third-order valence-electron chi connectivity index (χ3n) is 4.64. The molecule has 1 aromatic carbocycles. The van der Waals surface area contributed by atoms with Crippen molar-refractivity contribution in [3.05, 3.63) is 52.7 Å².